The van der Waals surface area contributed by atoms with Crippen molar-refractivity contribution in [2.75, 3.05) is 13.2 Å². The molecule has 0 radical (unpaired) electrons. The fourth-order valence-corrected chi connectivity index (χ4v) is 2.06. The zero-order valence-corrected chi connectivity index (χ0v) is 12.3. The van der Waals surface area contributed by atoms with Crippen LogP contribution in [0, 0.1) is 0 Å². The number of carboxylic acid groups (broad SMARTS) is 2. The predicted octanol–water partition coefficient (Wildman–Crippen LogP) is 2.97. The van der Waals surface area contributed by atoms with Gasteiger partial charge < -0.3 is 10.2 Å². The largest absolute Gasteiger partial charge is 0.697 e. The fourth-order valence-electron chi connectivity index (χ4n) is 1.43. The second-order valence-corrected chi connectivity index (χ2v) is 5.26. The van der Waals surface area contributed by atoms with E-state index in [1.807, 2.05) is 0 Å². The van der Waals surface area contributed by atoms with Crippen LogP contribution in [0.1, 0.15) is 51.4 Å². The number of hydrogen-bond acceptors (Lipinski definition) is 5. The van der Waals surface area contributed by atoms with E-state index in [4.69, 9.17) is 19.3 Å². The molecule has 20 heavy (non-hydrogen) atoms. The summed E-state index contributed by atoms with van der Waals surface area (Å²) in [6.07, 6.45) is 4.17. The Bertz CT molecular complexity index is 278. The van der Waals surface area contributed by atoms with E-state index in [9.17, 15) is 14.2 Å². The van der Waals surface area contributed by atoms with E-state index in [2.05, 4.69) is 0 Å². The third-order valence-corrected chi connectivity index (χ3v) is 3.25. The molecule has 116 valence electrons. The Hall–Kier alpha value is -1.04. The maximum absolute atomic E-state index is 11.2. The van der Waals surface area contributed by atoms with Gasteiger partial charge in [0, 0.05) is 17.4 Å². The predicted molar refractivity (Wildman–Crippen MR) is 71.7 cm³/mol. The summed E-state index contributed by atoms with van der Waals surface area (Å²) < 4.78 is 21.1. The lowest BCUT2D eigenvalue weighted by Crippen LogP contribution is -1.96. The van der Waals surface area contributed by atoms with E-state index in [-0.39, 0.29) is 26.1 Å². The van der Waals surface area contributed by atoms with Crippen LogP contribution in [0.2, 0.25) is 0 Å². The molecular formula is C12H22O7P+. The highest BCUT2D eigenvalue weighted by atomic mass is 31.1. The first-order valence-corrected chi connectivity index (χ1v) is 7.78. The van der Waals surface area contributed by atoms with Crippen molar-refractivity contribution in [1.82, 2.24) is 0 Å². The number of unbranched alkanes of at least 4 members (excludes halogenated alkanes) is 4. The summed E-state index contributed by atoms with van der Waals surface area (Å²) in [7, 11) is -2.13. The Balaban J connectivity index is 3.24. The second kappa shape index (κ2) is 13.0. The Kier molecular flexibility index (Phi) is 12.3. The molecule has 0 saturated heterocycles. The minimum Gasteiger partial charge on any atom is -0.481 e. The molecule has 0 saturated carbocycles. The summed E-state index contributed by atoms with van der Waals surface area (Å²) in [5, 5.41) is 16.8. The van der Waals surface area contributed by atoms with Crippen LogP contribution in [0.5, 0.6) is 0 Å². The SMILES string of the molecule is O=C(O)CCCCCO[P+](=O)OCCCCCC(=O)O. The molecule has 0 fully saturated rings. The molecule has 0 aromatic heterocycles. The zero-order chi connectivity index (χ0) is 15.2. The maximum atomic E-state index is 11.2. The van der Waals surface area contributed by atoms with Gasteiger partial charge in [-0.15, -0.1) is 9.05 Å². The standard InChI is InChI=1S/C12H21O7P/c13-11(14)7-3-1-5-9-18-20(17)19-10-6-2-4-8-12(15)16/h1-10H2,(H-,13,14,15,16)/p+1. The minimum atomic E-state index is -2.13. The number of aliphatic carboxylic acids is 2. The molecule has 0 aliphatic heterocycles. The summed E-state index contributed by atoms with van der Waals surface area (Å²) in [5.74, 6) is -1.63. The van der Waals surface area contributed by atoms with Gasteiger partial charge in [-0.2, -0.15) is 0 Å². The van der Waals surface area contributed by atoms with Gasteiger partial charge in [-0.3, -0.25) is 9.59 Å². The lowest BCUT2D eigenvalue weighted by molar-refractivity contribution is -0.138. The Morgan fingerprint density at radius 2 is 1.15 bits per heavy atom. The van der Waals surface area contributed by atoms with E-state index >= 15 is 0 Å². The molecule has 2 N–H and O–H groups in total. The van der Waals surface area contributed by atoms with Crippen molar-refractivity contribution in [2.45, 2.75) is 51.4 Å². The Morgan fingerprint density at radius 3 is 1.50 bits per heavy atom. The van der Waals surface area contributed by atoms with Crippen LogP contribution in [-0.2, 0) is 23.2 Å². The summed E-state index contributed by atoms with van der Waals surface area (Å²) >= 11 is 0. The van der Waals surface area contributed by atoms with Gasteiger partial charge in [0.15, 0.2) is 0 Å². The van der Waals surface area contributed by atoms with Crippen molar-refractivity contribution in [3.63, 3.8) is 0 Å². The van der Waals surface area contributed by atoms with Crippen LogP contribution >= 0.6 is 8.25 Å². The molecule has 0 aliphatic rings. The van der Waals surface area contributed by atoms with E-state index in [0.29, 0.717) is 38.5 Å². The number of carboxylic acids is 2. The average Bonchev–Trinajstić information content (AvgIpc) is 2.37. The number of carbonyl (C=O) groups is 2. The lowest BCUT2D eigenvalue weighted by Gasteiger charge is -1.96. The normalized spacial score (nSPS) is 10.4. The number of rotatable bonds is 14. The Morgan fingerprint density at radius 1 is 0.750 bits per heavy atom. The van der Waals surface area contributed by atoms with Crippen molar-refractivity contribution >= 4 is 20.2 Å². The topological polar surface area (TPSA) is 110 Å². The van der Waals surface area contributed by atoms with E-state index in [1.165, 1.54) is 0 Å². The van der Waals surface area contributed by atoms with Gasteiger partial charge in [0.05, 0.1) is 0 Å². The Labute approximate surface area is 119 Å². The van der Waals surface area contributed by atoms with Gasteiger partial charge >= 0.3 is 20.2 Å². The third kappa shape index (κ3) is 15.0. The van der Waals surface area contributed by atoms with E-state index < -0.39 is 20.2 Å². The molecule has 0 unspecified atom stereocenters. The molecule has 0 aromatic carbocycles. The van der Waals surface area contributed by atoms with Crippen molar-refractivity contribution in [1.29, 1.82) is 0 Å². The molecule has 0 amide bonds. The first kappa shape index (κ1) is 19.0. The van der Waals surface area contributed by atoms with Gasteiger partial charge in [0.2, 0.25) is 0 Å². The second-order valence-electron chi connectivity index (χ2n) is 4.30. The van der Waals surface area contributed by atoms with Gasteiger partial charge in [-0.25, -0.2) is 0 Å². The van der Waals surface area contributed by atoms with Gasteiger partial charge in [0.1, 0.15) is 13.2 Å². The number of hydrogen-bond donors (Lipinski definition) is 2. The molecule has 8 heteroatoms. The van der Waals surface area contributed by atoms with Gasteiger partial charge in [-0.05, 0) is 25.7 Å². The van der Waals surface area contributed by atoms with Crippen molar-refractivity contribution in [3.8, 4) is 0 Å². The third-order valence-electron chi connectivity index (χ3n) is 2.46. The minimum absolute atomic E-state index is 0.138. The molecule has 0 rings (SSSR count). The fraction of sp³-hybridized carbons (Fsp3) is 0.833. The van der Waals surface area contributed by atoms with E-state index in [1.54, 1.807) is 0 Å². The van der Waals surface area contributed by atoms with Crippen LogP contribution < -0.4 is 0 Å². The van der Waals surface area contributed by atoms with Crippen molar-refractivity contribution in [3.05, 3.63) is 0 Å². The highest BCUT2D eigenvalue weighted by Gasteiger charge is 2.19. The molecule has 0 aliphatic carbocycles. The lowest BCUT2D eigenvalue weighted by atomic mass is 10.2. The van der Waals surface area contributed by atoms with Crippen LogP contribution in [0.15, 0.2) is 0 Å². The first-order chi connectivity index (χ1) is 9.52. The van der Waals surface area contributed by atoms with Crippen molar-refractivity contribution in [2.24, 2.45) is 0 Å². The molecule has 0 atom stereocenters. The average molecular weight is 309 g/mol. The summed E-state index contributed by atoms with van der Waals surface area (Å²) in [6.45, 7) is 0.571. The molecule has 0 bridgehead atoms. The van der Waals surface area contributed by atoms with Crippen LogP contribution in [0.3, 0.4) is 0 Å². The quantitative estimate of drug-likeness (QED) is 0.375. The molecular weight excluding hydrogens is 287 g/mol. The van der Waals surface area contributed by atoms with Gasteiger partial charge in [0.25, 0.3) is 0 Å². The zero-order valence-electron chi connectivity index (χ0n) is 11.5. The van der Waals surface area contributed by atoms with Crippen molar-refractivity contribution < 1.29 is 33.4 Å². The monoisotopic (exact) mass is 309 g/mol. The summed E-state index contributed by atoms with van der Waals surface area (Å²) in [5.41, 5.74) is 0. The van der Waals surface area contributed by atoms with Crippen LogP contribution in [0.4, 0.5) is 0 Å². The summed E-state index contributed by atoms with van der Waals surface area (Å²) in [6, 6.07) is 0. The highest BCUT2D eigenvalue weighted by molar-refractivity contribution is 7.33. The smallest absolute Gasteiger partial charge is 0.481 e. The summed E-state index contributed by atoms with van der Waals surface area (Å²) in [4.78, 5) is 20.5. The van der Waals surface area contributed by atoms with Crippen LogP contribution in [0.25, 0.3) is 0 Å². The van der Waals surface area contributed by atoms with Gasteiger partial charge in [-0.1, -0.05) is 12.8 Å². The maximum Gasteiger partial charge on any atom is 0.697 e. The van der Waals surface area contributed by atoms with E-state index in [0.717, 1.165) is 0 Å². The highest BCUT2D eigenvalue weighted by Crippen LogP contribution is 2.24. The molecule has 0 spiro atoms. The first-order valence-electron chi connectivity index (χ1n) is 6.69. The molecule has 7 nitrogen and oxygen atoms in total. The molecule has 0 aromatic rings. The molecule has 0 heterocycles. The van der Waals surface area contributed by atoms with Crippen LogP contribution in [-0.4, -0.2) is 35.4 Å².